The first-order valence-corrected chi connectivity index (χ1v) is 13.0. The largest absolute Gasteiger partial charge is 0.490 e. The second-order valence-corrected chi connectivity index (χ2v) is 9.05. The van der Waals surface area contributed by atoms with E-state index in [9.17, 15) is 9.59 Å². The van der Waals surface area contributed by atoms with Crippen LogP contribution in [-0.2, 0) is 11.2 Å². The number of hydrogen-bond donors (Lipinski definition) is 0. The van der Waals surface area contributed by atoms with Gasteiger partial charge >= 0.3 is 5.97 Å². The fourth-order valence-electron chi connectivity index (χ4n) is 3.89. The summed E-state index contributed by atoms with van der Waals surface area (Å²) in [7, 11) is 0. The third-order valence-corrected chi connectivity index (χ3v) is 6.06. The predicted molar refractivity (Wildman–Crippen MR) is 146 cm³/mol. The van der Waals surface area contributed by atoms with Crippen molar-refractivity contribution in [1.82, 2.24) is 9.97 Å². The van der Waals surface area contributed by atoms with Crippen molar-refractivity contribution in [3.63, 3.8) is 0 Å². The second-order valence-electron chi connectivity index (χ2n) is 9.05. The first-order chi connectivity index (χ1) is 18.0. The van der Waals surface area contributed by atoms with Crippen molar-refractivity contribution in [2.45, 2.75) is 64.9 Å². The Labute approximate surface area is 219 Å². The molecule has 6 heteroatoms. The SMILES string of the molecule is C=CCOc1ccc(C(=O)C(C)OC(=O)c2ccc(-c3ncc(CCCCCCCC)cn3)cc2)cc1. The molecule has 0 amide bonds. The van der Waals surface area contributed by atoms with Crippen molar-refractivity contribution in [1.29, 1.82) is 0 Å². The second kappa shape index (κ2) is 14.7. The zero-order valence-corrected chi connectivity index (χ0v) is 21.8. The molecule has 0 radical (unpaired) electrons. The van der Waals surface area contributed by atoms with E-state index < -0.39 is 12.1 Å². The highest BCUT2D eigenvalue weighted by Gasteiger charge is 2.20. The molecule has 0 aliphatic carbocycles. The van der Waals surface area contributed by atoms with Gasteiger partial charge in [-0.15, -0.1) is 0 Å². The van der Waals surface area contributed by atoms with E-state index in [0.717, 1.165) is 24.0 Å². The standard InChI is InChI=1S/C31H36N2O4/c1-4-6-7-8-9-10-11-24-21-32-30(33-22-24)26-12-14-27(15-13-26)31(35)37-23(3)29(34)25-16-18-28(19-17-25)36-20-5-2/h5,12-19,21-23H,2,4,6-11,20H2,1,3H3. The van der Waals surface area contributed by atoms with Crippen molar-refractivity contribution in [3.8, 4) is 17.1 Å². The summed E-state index contributed by atoms with van der Waals surface area (Å²) >= 11 is 0. The van der Waals surface area contributed by atoms with Crippen molar-refractivity contribution in [2.24, 2.45) is 0 Å². The molecular weight excluding hydrogens is 464 g/mol. The normalized spacial score (nSPS) is 11.5. The molecule has 0 N–H and O–H groups in total. The van der Waals surface area contributed by atoms with Crippen LogP contribution >= 0.6 is 0 Å². The Morgan fingerprint density at radius 1 is 0.892 bits per heavy atom. The summed E-state index contributed by atoms with van der Waals surface area (Å²) in [5, 5.41) is 0. The van der Waals surface area contributed by atoms with Crippen molar-refractivity contribution >= 4 is 11.8 Å². The number of rotatable bonds is 15. The van der Waals surface area contributed by atoms with Gasteiger partial charge in [-0.2, -0.15) is 0 Å². The minimum absolute atomic E-state index is 0.283. The topological polar surface area (TPSA) is 78.4 Å². The number of benzene rings is 2. The molecule has 1 atom stereocenters. The molecule has 0 saturated heterocycles. The van der Waals surface area contributed by atoms with E-state index in [1.54, 1.807) is 61.5 Å². The Balaban J connectivity index is 1.51. The van der Waals surface area contributed by atoms with Gasteiger partial charge in [-0.05, 0) is 61.7 Å². The number of carbonyl (C=O) groups excluding carboxylic acids is 2. The summed E-state index contributed by atoms with van der Waals surface area (Å²) in [5.74, 6) is 0.400. The molecule has 0 aliphatic heterocycles. The highest BCUT2D eigenvalue weighted by molar-refractivity contribution is 6.01. The van der Waals surface area contributed by atoms with Crippen LogP contribution in [0.1, 0.15) is 78.7 Å². The molecule has 0 bridgehead atoms. The molecule has 2 aromatic carbocycles. The van der Waals surface area contributed by atoms with Crippen LogP contribution in [-0.4, -0.2) is 34.4 Å². The summed E-state index contributed by atoms with van der Waals surface area (Å²) in [6.07, 6.45) is 13.0. The molecule has 0 saturated carbocycles. The molecule has 37 heavy (non-hydrogen) atoms. The van der Waals surface area contributed by atoms with E-state index in [4.69, 9.17) is 9.47 Å². The Bertz CT molecular complexity index is 1140. The zero-order valence-electron chi connectivity index (χ0n) is 21.8. The number of aromatic nitrogens is 2. The molecule has 1 unspecified atom stereocenters. The number of nitrogens with zero attached hydrogens (tertiary/aromatic N) is 2. The number of ketones is 1. The maximum absolute atomic E-state index is 12.7. The minimum Gasteiger partial charge on any atom is -0.490 e. The first-order valence-electron chi connectivity index (χ1n) is 13.0. The summed E-state index contributed by atoms with van der Waals surface area (Å²) in [6.45, 7) is 7.78. The third kappa shape index (κ3) is 8.67. The van der Waals surface area contributed by atoms with Crippen LogP contribution in [0.15, 0.2) is 73.6 Å². The van der Waals surface area contributed by atoms with Gasteiger partial charge < -0.3 is 9.47 Å². The lowest BCUT2D eigenvalue weighted by molar-refractivity contribution is 0.0319. The summed E-state index contributed by atoms with van der Waals surface area (Å²) in [5.41, 5.74) is 2.75. The van der Waals surface area contributed by atoms with Crippen molar-refractivity contribution < 1.29 is 19.1 Å². The van der Waals surface area contributed by atoms with Gasteiger partial charge in [0.25, 0.3) is 0 Å². The van der Waals surface area contributed by atoms with Gasteiger partial charge in [0, 0.05) is 23.5 Å². The maximum atomic E-state index is 12.7. The molecule has 194 valence electrons. The number of aryl methyl sites for hydroxylation is 1. The van der Waals surface area contributed by atoms with Gasteiger partial charge in [0.05, 0.1) is 5.56 Å². The van der Waals surface area contributed by atoms with E-state index in [1.165, 1.54) is 32.1 Å². The van der Waals surface area contributed by atoms with Gasteiger partial charge in [-0.25, -0.2) is 14.8 Å². The smallest absolute Gasteiger partial charge is 0.338 e. The van der Waals surface area contributed by atoms with Crippen LogP contribution in [0.3, 0.4) is 0 Å². The van der Waals surface area contributed by atoms with Crippen molar-refractivity contribution in [3.05, 3.63) is 90.3 Å². The Kier molecular flexibility index (Phi) is 11.0. The summed E-state index contributed by atoms with van der Waals surface area (Å²) < 4.78 is 10.8. The van der Waals surface area contributed by atoms with E-state index in [1.807, 2.05) is 12.4 Å². The highest BCUT2D eigenvalue weighted by Crippen LogP contribution is 2.19. The van der Waals surface area contributed by atoms with Crippen LogP contribution in [0.25, 0.3) is 11.4 Å². The molecule has 3 rings (SSSR count). The molecule has 0 aliphatic rings. The lowest BCUT2D eigenvalue weighted by atomic mass is 10.1. The number of esters is 1. The van der Waals surface area contributed by atoms with E-state index >= 15 is 0 Å². The van der Waals surface area contributed by atoms with Gasteiger partial charge in [0.15, 0.2) is 11.9 Å². The van der Waals surface area contributed by atoms with Gasteiger partial charge in [-0.3, -0.25) is 4.79 Å². The lowest BCUT2D eigenvalue weighted by Crippen LogP contribution is -2.24. The Hall–Kier alpha value is -3.80. The van der Waals surface area contributed by atoms with Crippen molar-refractivity contribution in [2.75, 3.05) is 6.61 Å². The number of ether oxygens (including phenoxy) is 2. The molecule has 1 aromatic heterocycles. The Morgan fingerprint density at radius 2 is 1.51 bits per heavy atom. The molecule has 1 heterocycles. The summed E-state index contributed by atoms with van der Waals surface area (Å²) in [6, 6.07) is 13.6. The number of hydrogen-bond acceptors (Lipinski definition) is 6. The first kappa shape index (κ1) is 27.8. The average Bonchev–Trinajstić information content (AvgIpc) is 2.94. The van der Waals surface area contributed by atoms with Crippen LogP contribution in [0.4, 0.5) is 0 Å². The molecular formula is C31H36N2O4. The van der Waals surface area contributed by atoms with E-state index in [0.29, 0.717) is 29.3 Å². The highest BCUT2D eigenvalue weighted by atomic mass is 16.5. The Morgan fingerprint density at radius 3 is 2.16 bits per heavy atom. The van der Waals surface area contributed by atoms with Crippen LogP contribution in [0, 0.1) is 0 Å². The maximum Gasteiger partial charge on any atom is 0.338 e. The minimum atomic E-state index is -0.922. The van der Waals surface area contributed by atoms with Gasteiger partial charge in [0.1, 0.15) is 12.4 Å². The van der Waals surface area contributed by atoms with Gasteiger partial charge in [0.2, 0.25) is 5.78 Å². The molecule has 3 aromatic rings. The molecule has 0 fully saturated rings. The monoisotopic (exact) mass is 500 g/mol. The summed E-state index contributed by atoms with van der Waals surface area (Å²) in [4.78, 5) is 34.3. The van der Waals surface area contributed by atoms with Crippen LogP contribution < -0.4 is 4.74 Å². The lowest BCUT2D eigenvalue weighted by Gasteiger charge is -2.13. The fraction of sp³-hybridized carbons (Fsp3) is 0.355. The van der Waals surface area contributed by atoms with Gasteiger partial charge in [-0.1, -0.05) is 63.8 Å². The molecule has 0 spiro atoms. The zero-order chi connectivity index (χ0) is 26.5. The van der Waals surface area contributed by atoms with E-state index in [-0.39, 0.29) is 5.78 Å². The third-order valence-electron chi connectivity index (χ3n) is 6.06. The van der Waals surface area contributed by atoms with E-state index in [2.05, 4.69) is 23.5 Å². The predicted octanol–water partition coefficient (Wildman–Crippen LogP) is 7.04. The quantitative estimate of drug-likeness (QED) is 0.0964. The number of unbranched alkanes of at least 4 members (excludes halogenated alkanes) is 5. The average molecular weight is 501 g/mol. The fourth-order valence-corrected chi connectivity index (χ4v) is 3.89. The van der Waals surface area contributed by atoms with Crippen LogP contribution in [0.2, 0.25) is 0 Å². The van der Waals surface area contributed by atoms with Crippen LogP contribution in [0.5, 0.6) is 5.75 Å². The molecule has 6 nitrogen and oxygen atoms in total. The number of Topliss-reactive ketones (excluding diaryl/α,β-unsaturated/α-hetero) is 1. The number of carbonyl (C=O) groups is 2.